The first-order chi connectivity index (χ1) is 39.2. The van der Waals surface area contributed by atoms with E-state index in [0.29, 0.717) is 0 Å². The maximum Gasteiger partial charge on any atom is 0.132 e. The summed E-state index contributed by atoms with van der Waals surface area (Å²) in [7, 11) is 0. The molecule has 0 N–H and O–H groups in total. The van der Waals surface area contributed by atoms with Gasteiger partial charge in [0.25, 0.3) is 0 Å². The minimum atomic E-state index is -0.648. The van der Waals surface area contributed by atoms with Crippen molar-refractivity contribution in [1.82, 2.24) is 0 Å². The number of para-hydroxylation sites is 2. The average molecular weight is 1040 g/mol. The van der Waals surface area contributed by atoms with Crippen molar-refractivity contribution in [2.24, 2.45) is 0 Å². The molecule has 18 rings (SSSR count). The molecule has 0 unspecified atom stereocenters. The zero-order valence-electron chi connectivity index (χ0n) is 42.7. The quantitative estimate of drug-likeness (QED) is 0.175. The van der Waals surface area contributed by atoms with Crippen molar-refractivity contribution in [3.05, 3.63) is 340 Å². The zero-order valence-corrected chi connectivity index (χ0v) is 44.3. The van der Waals surface area contributed by atoms with Crippen LogP contribution in [0.5, 0.6) is 11.5 Å². The molecule has 0 saturated carbocycles. The Balaban J connectivity index is 0.969. The predicted molar refractivity (Wildman–Crippen MR) is 321 cm³/mol. The Kier molecular flexibility index (Phi) is 8.92. The lowest BCUT2D eigenvalue weighted by atomic mass is 9.66. The van der Waals surface area contributed by atoms with Gasteiger partial charge < -0.3 is 9.64 Å². The Bertz CT molecular complexity index is 4310. The Morgan fingerprint density at radius 1 is 0.253 bits per heavy atom. The van der Waals surface area contributed by atoms with E-state index in [1.54, 1.807) is 0 Å². The van der Waals surface area contributed by atoms with E-state index in [2.05, 4.69) is 278 Å². The third-order valence-electron chi connectivity index (χ3n) is 18.3. The average Bonchev–Trinajstić information content (AvgIpc) is 2.67. The minimum absolute atomic E-state index is 0.504. The first-order valence-corrected chi connectivity index (χ1v) is 29.0. The molecule has 0 radical (unpaired) electrons. The monoisotopic (exact) mass is 1040 g/mol. The number of rotatable bonds is 3. The van der Waals surface area contributed by atoms with E-state index in [4.69, 9.17) is 4.74 Å². The molecule has 368 valence electrons. The van der Waals surface area contributed by atoms with Crippen LogP contribution in [0.4, 0.5) is 17.1 Å². The molecule has 4 heteroatoms. The van der Waals surface area contributed by atoms with Crippen molar-refractivity contribution in [1.29, 1.82) is 0 Å². The van der Waals surface area contributed by atoms with Crippen LogP contribution >= 0.6 is 23.5 Å². The van der Waals surface area contributed by atoms with Gasteiger partial charge >= 0.3 is 0 Å². The van der Waals surface area contributed by atoms with Gasteiger partial charge in [0.05, 0.1) is 27.6 Å². The highest BCUT2D eigenvalue weighted by Gasteiger charge is 2.55. The van der Waals surface area contributed by atoms with Crippen LogP contribution in [0.25, 0.3) is 33.4 Å². The molecule has 3 aliphatic carbocycles. The minimum Gasteiger partial charge on any atom is -0.457 e. The van der Waals surface area contributed by atoms with E-state index in [1.807, 2.05) is 23.5 Å². The SMILES string of the molecule is c1ccc2c(c1)Oc1ccccc1C21c2ccccc2-c2c(N(c3ccc4c(c3)-c3ccccc3C43c4ccccc4Sc4ccccc43)c3cccc4c3-c3ccccc3C43c4ccccc4Sc4ccccc43)cccc21. The first-order valence-electron chi connectivity index (χ1n) is 27.3. The van der Waals surface area contributed by atoms with Crippen molar-refractivity contribution in [2.45, 2.75) is 35.8 Å². The van der Waals surface area contributed by atoms with Crippen molar-refractivity contribution in [3.8, 4) is 44.9 Å². The van der Waals surface area contributed by atoms with Gasteiger partial charge in [0, 0.05) is 47.5 Å². The van der Waals surface area contributed by atoms with Gasteiger partial charge in [0.1, 0.15) is 11.5 Å². The maximum atomic E-state index is 6.85. The molecule has 0 amide bonds. The molecule has 12 aromatic carbocycles. The smallest absolute Gasteiger partial charge is 0.132 e. The zero-order chi connectivity index (χ0) is 51.6. The Morgan fingerprint density at radius 3 is 1.05 bits per heavy atom. The van der Waals surface area contributed by atoms with Crippen molar-refractivity contribution >= 4 is 40.6 Å². The van der Waals surface area contributed by atoms with Crippen LogP contribution < -0.4 is 9.64 Å². The molecule has 0 fully saturated rings. The highest BCUT2D eigenvalue weighted by molar-refractivity contribution is 7.99. The molecule has 3 spiro atoms. The molecule has 79 heavy (non-hydrogen) atoms. The van der Waals surface area contributed by atoms with E-state index >= 15 is 0 Å². The lowest BCUT2D eigenvalue weighted by Crippen LogP contribution is -2.32. The van der Waals surface area contributed by atoms with Crippen LogP contribution in [0.2, 0.25) is 0 Å². The van der Waals surface area contributed by atoms with E-state index in [-0.39, 0.29) is 0 Å². The van der Waals surface area contributed by atoms with Crippen LogP contribution in [0.1, 0.15) is 66.8 Å². The molecule has 3 aliphatic heterocycles. The summed E-state index contributed by atoms with van der Waals surface area (Å²) in [6, 6.07) is 103. The van der Waals surface area contributed by atoms with Gasteiger partial charge in [-0.05, 0) is 139 Å². The molecule has 0 saturated heterocycles. The molecule has 12 aromatic rings. The summed E-state index contributed by atoms with van der Waals surface area (Å²) in [5, 5.41) is 0. The normalized spacial score (nSPS) is 15.4. The highest BCUT2D eigenvalue weighted by Crippen LogP contribution is 2.68. The number of hydrogen-bond donors (Lipinski definition) is 0. The van der Waals surface area contributed by atoms with Gasteiger partial charge in [-0.3, -0.25) is 0 Å². The number of ether oxygens (including phenoxy) is 1. The molecule has 2 nitrogen and oxygen atoms in total. The summed E-state index contributed by atoms with van der Waals surface area (Å²) in [6.45, 7) is 0. The highest BCUT2D eigenvalue weighted by atomic mass is 32.2. The van der Waals surface area contributed by atoms with Crippen LogP contribution in [-0.2, 0) is 16.2 Å². The molecule has 0 aromatic heterocycles. The number of hydrogen-bond acceptors (Lipinski definition) is 4. The van der Waals surface area contributed by atoms with Crippen molar-refractivity contribution in [3.63, 3.8) is 0 Å². The Morgan fingerprint density at radius 2 is 0.582 bits per heavy atom. The number of anilines is 3. The molecular formula is C75H45NOS2. The van der Waals surface area contributed by atoms with Gasteiger partial charge in [-0.1, -0.05) is 236 Å². The third-order valence-corrected chi connectivity index (χ3v) is 20.6. The number of fused-ring (bicyclic) bond motifs is 27. The van der Waals surface area contributed by atoms with Gasteiger partial charge in [-0.15, -0.1) is 0 Å². The van der Waals surface area contributed by atoms with Crippen molar-refractivity contribution in [2.75, 3.05) is 4.90 Å². The van der Waals surface area contributed by atoms with Gasteiger partial charge in [0.2, 0.25) is 0 Å². The summed E-state index contributed by atoms with van der Waals surface area (Å²) < 4.78 is 6.85. The van der Waals surface area contributed by atoms with Gasteiger partial charge in [-0.2, -0.15) is 0 Å². The summed E-state index contributed by atoms with van der Waals surface area (Å²) in [5.41, 5.74) is 24.5. The van der Waals surface area contributed by atoms with Crippen LogP contribution in [0.3, 0.4) is 0 Å². The standard InChI is InChI=1S/C75H45NOS2/c1-4-24-51-47(21-1)50-45-46(43-44-54(50)73(51)57-29-9-15-39-67(57)78-68-40-16-10-30-58(68)73)76(63-35-19-33-61-71(63)48-22-2-5-25-52(48)74(61)55-27-7-13-37-65(55)77-66-38-14-8-28-56(66)74)64-36-20-34-62-72(64)49-23-3-6-26-53(49)75(62)59-31-11-17-41-69(59)79-70-42-18-12-32-60(70)75/h1-45H. The van der Waals surface area contributed by atoms with E-state index < -0.39 is 16.2 Å². The van der Waals surface area contributed by atoms with E-state index in [1.165, 1.54) is 109 Å². The third kappa shape index (κ3) is 5.41. The fraction of sp³-hybridized carbons (Fsp3) is 0.0400. The molecule has 0 bridgehead atoms. The summed E-state index contributed by atoms with van der Waals surface area (Å²) in [4.78, 5) is 7.83. The van der Waals surface area contributed by atoms with Crippen LogP contribution in [0.15, 0.2) is 293 Å². The van der Waals surface area contributed by atoms with Crippen molar-refractivity contribution < 1.29 is 4.74 Å². The largest absolute Gasteiger partial charge is 0.457 e. The van der Waals surface area contributed by atoms with Crippen LogP contribution in [-0.4, -0.2) is 0 Å². The van der Waals surface area contributed by atoms with Crippen LogP contribution in [0, 0.1) is 0 Å². The Hall–Kier alpha value is -9.06. The number of benzene rings is 12. The Labute approximate surface area is 467 Å². The molecular weight excluding hydrogens is 995 g/mol. The fourth-order valence-corrected chi connectivity index (χ4v) is 17.9. The molecule has 3 heterocycles. The summed E-state index contributed by atoms with van der Waals surface area (Å²) in [5.74, 6) is 1.77. The second-order valence-corrected chi connectivity index (χ2v) is 23.8. The van der Waals surface area contributed by atoms with Gasteiger partial charge in [0.15, 0.2) is 0 Å². The van der Waals surface area contributed by atoms with E-state index in [9.17, 15) is 0 Å². The lowest BCUT2D eigenvalue weighted by molar-refractivity contribution is 0.436. The summed E-state index contributed by atoms with van der Waals surface area (Å²) >= 11 is 3.78. The predicted octanol–water partition coefficient (Wildman–Crippen LogP) is 19.3. The molecule has 6 aliphatic rings. The van der Waals surface area contributed by atoms with Gasteiger partial charge in [-0.25, -0.2) is 0 Å². The number of nitrogens with zero attached hydrogens (tertiary/aromatic N) is 1. The summed E-state index contributed by atoms with van der Waals surface area (Å²) in [6.07, 6.45) is 0. The molecule has 0 atom stereocenters. The maximum absolute atomic E-state index is 6.85. The second kappa shape index (κ2) is 16.0. The van der Waals surface area contributed by atoms with E-state index in [0.717, 1.165) is 39.7 Å². The lowest BCUT2D eigenvalue weighted by Gasteiger charge is -2.40. The topological polar surface area (TPSA) is 12.5 Å². The fourth-order valence-electron chi connectivity index (χ4n) is 15.5. The first kappa shape index (κ1) is 44.0. The second-order valence-electron chi connectivity index (χ2n) is 21.6.